The molecule has 1 aliphatic rings. The number of nitriles is 1. The summed E-state index contributed by atoms with van der Waals surface area (Å²) in [4.78, 5) is 12.0. The summed E-state index contributed by atoms with van der Waals surface area (Å²) in [6.07, 6.45) is 3.50. The molecule has 1 saturated carbocycles. The van der Waals surface area contributed by atoms with Gasteiger partial charge in [0.2, 0.25) is 5.91 Å². The van der Waals surface area contributed by atoms with Crippen LogP contribution in [0.3, 0.4) is 0 Å². The summed E-state index contributed by atoms with van der Waals surface area (Å²) in [6, 6.07) is 9.71. The largest absolute Gasteiger partial charge is 0.494 e. The first-order chi connectivity index (χ1) is 10.2. The zero-order chi connectivity index (χ0) is 15.1. The Bertz CT molecular complexity index is 513. The first kappa shape index (κ1) is 15.2. The lowest BCUT2D eigenvalue weighted by Crippen LogP contribution is -2.47. The summed E-state index contributed by atoms with van der Waals surface area (Å²) in [5.41, 5.74) is 0.198. The molecular formula is C16H21N3O2. The van der Waals surface area contributed by atoms with Gasteiger partial charge in [-0.3, -0.25) is 4.79 Å². The summed E-state index contributed by atoms with van der Waals surface area (Å²) < 4.78 is 5.36. The number of carbonyl (C=O) groups is 1. The van der Waals surface area contributed by atoms with Crippen molar-refractivity contribution in [2.75, 3.05) is 18.5 Å². The molecule has 0 spiro atoms. The molecule has 5 nitrogen and oxygen atoms in total. The van der Waals surface area contributed by atoms with Gasteiger partial charge in [0.25, 0.3) is 0 Å². The Hall–Kier alpha value is -2.22. The predicted molar refractivity (Wildman–Crippen MR) is 81.1 cm³/mol. The van der Waals surface area contributed by atoms with Gasteiger partial charge in [-0.1, -0.05) is 0 Å². The Morgan fingerprint density at radius 3 is 2.57 bits per heavy atom. The number of hydrogen-bond acceptors (Lipinski definition) is 4. The minimum atomic E-state index is -0.655. The zero-order valence-electron chi connectivity index (χ0n) is 12.3. The van der Waals surface area contributed by atoms with Gasteiger partial charge in [0.05, 0.1) is 19.2 Å². The minimum Gasteiger partial charge on any atom is -0.494 e. The van der Waals surface area contributed by atoms with Crippen LogP contribution in [0.25, 0.3) is 0 Å². The van der Waals surface area contributed by atoms with Crippen molar-refractivity contribution in [3.63, 3.8) is 0 Å². The van der Waals surface area contributed by atoms with E-state index in [2.05, 4.69) is 16.7 Å². The van der Waals surface area contributed by atoms with Crippen LogP contribution in [0.15, 0.2) is 24.3 Å². The van der Waals surface area contributed by atoms with Crippen molar-refractivity contribution in [2.24, 2.45) is 0 Å². The molecule has 5 heteroatoms. The Balaban J connectivity index is 1.82. The fourth-order valence-corrected chi connectivity index (χ4v) is 2.57. The average molecular weight is 287 g/mol. The van der Waals surface area contributed by atoms with E-state index < -0.39 is 5.54 Å². The normalized spacial score (nSPS) is 16.0. The predicted octanol–water partition coefficient (Wildman–Crippen LogP) is 2.45. The molecule has 1 aromatic carbocycles. The smallest absolute Gasteiger partial charge is 0.240 e. The van der Waals surface area contributed by atoms with Gasteiger partial charge in [0.1, 0.15) is 11.3 Å². The van der Waals surface area contributed by atoms with Crippen LogP contribution in [0.2, 0.25) is 0 Å². The van der Waals surface area contributed by atoms with E-state index in [1.54, 1.807) is 0 Å². The second kappa shape index (κ2) is 6.98. The summed E-state index contributed by atoms with van der Waals surface area (Å²) in [5.74, 6) is 0.661. The van der Waals surface area contributed by atoms with Crippen molar-refractivity contribution in [2.45, 2.75) is 38.1 Å². The van der Waals surface area contributed by atoms with E-state index in [0.29, 0.717) is 6.61 Å². The van der Waals surface area contributed by atoms with Gasteiger partial charge in [-0.05, 0) is 56.9 Å². The van der Waals surface area contributed by atoms with Gasteiger partial charge in [0.15, 0.2) is 0 Å². The van der Waals surface area contributed by atoms with E-state index in [0.717, 1.165) is 37.1 Å². The number of anilines is 1. The number of rotatable bonds is 6. The molecule has 1 aliphatic carbocycles. The number of nitrogens with zero attached hydrogens (tertiary/aromatic N) is 1. The van der Waals surface area contributed by atoms with E-state index in [1.807, 2.05) is 31.2 Å². The lowest BCUT2D eigenvalue weighted by atomic mass is 10.00. The quantitative estimate of drug-likeness (QED) is 0.843. The van der Waals surface area contributed by atoms with Gasteiger partial charge in [-0.2, -0.15) is 5.26 Å². The molecule has 2 N–H and O–H groups in total. The van der Waals surface area contributed by atoms with Crippen LogP contribution in [0.5, 0.6) is 5.75 Å². The van der Waals surface area contributed by atoms with Crippen LogP contribution in [0.4, 0.5) is 5.69 Å². The van der Waals surface area contributed by atoms with E-state index in [4.69, 9.17) is 4.74 Å². The van der Waals surface area contributed by atoms with Gasteiger partial charge in [-0.15, -0.1) is 0 Å². The Labute approximate surface area is 125 Å². The molecule has 0 heterocycles. The Morgan fingerprint density at radius 2 is 2.00 bits per heavy atom. The van der Waals surface area contributed by atoms with Crippen molar-refractivity contribution in [1.29, 1.82) is 5.26 Å². The van der Waals surface area contributed by atoms with Gasteiger partial charge < -0.3 is 15.4 Å². The van der Waals surface area contributed by atoms with Gasteiger partial charge in [0, 0.05) is 5.69 Å². The van der Waals surface area contributed by atoms with Crippen molar-refractivity contribution >= 4 is 11.6 Å². The molecule has 0 radical (unpaired) electrons. The standard InChI is InChI=1S/C16H21N3O2/c1-2-21-14-7-5-13(6-8-14)18-11-15(20)19-16(12-17)9-3-4-10-16/h5-8,18H,2-4,9-11H2,1H3,(H,19,20). The van der Waals surface area contributed by atoms with E-state index in [1.165, 1.54) is 0 Å². The molecule has 0 atom stereocenters. The molecule has 0 aromatic heterocycles. The van der Waals surface area contributed by atoms with E-state index in [-0.39, 0.29) is 12.5 Å². The fraction of sp³-hybridized carbons (Fsp3) is 0.500. The van der Waals surface area contributed by atoms with Crippen molar-refractivity contribution in [3.05, 3.63) is 24.3 Å². The highest BCUT2D eigenvalue weighted by molar-refractivity contribution is 5.81. The van der Waals surface area contributed by atoms with E-state index >= 15 is 0 Å². The third-order valence-corrected chi connectivity index (χ3v) is 3.67. The summed E-state index contributed by atoms with van der Waals surface area (Å²) in [7, 11) is 0. The van der Waals surface area contributed by atoms with Gasteiger partial charge in [-0.25, -0.2) is 0 Å². The van der Waals surface area contributed by atoms with Crippen LogP contribution in [0, 0.1) is 11.3 Å². The molecule has 21 heavy (non-hydrogen) atoms. The Morgan fingerprint density at radius 1 is 1.33 bits per heavy atom. The monoisotopic (exact) mass is 287 g/mol. The lowest BCUT2D eigenvalue weighted by Gasteiger charge is -2.22. The van der Waals surface area contributed by atoms with E-state index in [9.17, 15) is 10.1 Å². The maximum absolute atomic E-state index is 12.0. The molecule has 1 amide bonds. The molecule has 0 bridgehead atoms. The van der Waals surface area contributed by atoms with Crippen LogP contribution < -0.4 is 15.4 Å². The number of ether oxygens (including phenoxy) is 1. The number of nitrogens with one attached hydrogen (secondary N) is 2. The highest BCUT2D eigenvalue weighted by Crippen LogP contribution is 2.28. The first-order valence-corrected chi connectivity index (χ1v) is 7.36. The summed E-state index contributed by atoms with van der Waals surface area (Å²) >= 11 is 0. The molecule has 0 saturated heterocycles. The fourth-order valence-electron chi connectivity index (χ4n) is 2.57. The third-order valence-electron chi connectivity index (χ3n) is 3.67. The first-order valence-electron chi connectivity index (χ1n) is 7.36. The van der Waals surface area contributed by atoms with Crippen LogP contribution >= 0.6 is 0 Å². The number of benzene rings is 1. The minimum absolute atomic E-state index is 0.146. The van der Waals surface area contributed by atoms with Crippen LogP contribution in [-0.4, -0.2) is 24.6 Å². The lowest BCUT2D eigenvalue weighted by molar-refractivity contribution is -0.120. The molecular weight excluding hydrogens is 266 g/mol. The van der Waals surface area contributed by atoms with Gasteiger partial charge >= 0.3 is 0 Å². The maximum Gasteiger partial charge on any atom is 0.240 e. The Kier molecular flexibility index (Phi) is 5.04. The topological polar surface area (TPSA) is 74.2 Å². The highest BCUT2D eigenvalue weighted by atomic mass is 16.5. The van der Waals surface area contributed by atoms with Crippen LogP contribution in [0.1, 0.15) is 32.6 Å². The molecule has 112 valence electrons. The SMILES string of the molecule is CCOc1ccc(NCC(=O)NC2(C#N)CCCC2)cc1. The van der Waals surface area contributed by atoms with Crippen LogP contribution in [-0.2, 0) is 4.79 Å². The summed E-state index contributed by atoms with van der Waals surface area (Å²) in [5, 5.41) is 15.1. The summed E-state index contributed by atoms with van der Waals surface area (Å²) in [6.45, 7) is 2.73. The molecule has 1 fully saturated rings. The van der Waals surface area contributed by atoms with Crippen molar-refractivity contribution in [1.82, 2.24) is 5.32 Å². The molecule has 1 aromatic rings. The molecule has 0 aliphatic heterocycles. The van der Waals surface area contributed by atoms with Crippen molar-refractivity contribution in [3.8, 4) is 11.8 Å². The number of hydrogen-bond donors (Lipinski definition) is 2. The molecule has 2 rings (SSSR count). The second-order valence-electron chi connectivity index (χ2n) is 5.26. The maximum atomic E-state index is 12.0. The average Bonchev–Trinajstić information content (AvgIpc) is 2.96. The highest BCUT2D eigenvalue weighted by Gasteiger charge is 2.35. The second-order valence-corrected chi connectivity index (χ2v) is 5.26. The third kappa shape index (κ3) is 4.12. The molecule has 0 unspecified atom stereocenters. The number of carbonyl (C=O) groups excluding carboxylic acids is 1. The van der Waals surface area contributed by atoms with Crippen molar-refractivity contribution < 1.29 is 9.53 Å². The zero-order valence-corrected chi connectivity index (χ0v) is 12.3. The number of amides is 1.